The standard InChI is InChI=1S/C13H24N2O4.C2H2O4/c1-5-18-11(16)10-7-6-9(14)8-15(10)12(17)19-13(2,3)4;3-1(4)2(5)6/h9-10H,5-8,14H2,1-4H3;(H,3,4)(H,5,6). The van der Waals surface area contributed by atoms with Crippen LogP contribution < -0.4 is 5.73 Å². The van der Waals surface area contributed by atoms with Gasteiger partial charge in [-0.3, -0.25) is 4.90 Å². The highest BCUT2D eigenvalue weighted by atomic mass is 16.6. The van der Waals surface area contributed by atoms with Crippen molar-refractivity contribution in [1.82, 2.24) is 4.90 Å². The van der Waals surface area contributed by atoms with E-state index in [-0.39, 0.29) is 12.0 Å². The number of piperidine rings is 1. The number of likely N-dealkylation sites (tertiary alicyclic amines) is 1. The first-order chi connectivity index (χ1) is 11.4. The number of carbonyl (C=O) groups is 4. The first-order valence-corrected chi connectivity index (χ1v) is 7.77. The number of aliphatic carboxylic acids is 2. The van der Waals surface area contributed by atoms with E-state index in [0.29, 0.717) is 26.0 Å². The fraction of sp³-hybridized carbons (Fsp3) is 0.733. The lowest BCUT2D eigenvalue weighted by atomic mass is 9.99. The summed E-state index contributed by atoms with van der Waals surface area (Å²) in [6, 6.07) is -0.715. The Bertz CT molecular complexity index is 488. The smallest absolute Gasteiger partial charge is 0.414 e. The zero-order chi connectivity index (χ0) is 19.8. The minimum absolute atomic E-state index is 0.127. The molecule has 0 aromatic carbocycles. The van der Waals surface area contributed by atoms with Crippen LogP contribution in [0.15, 0.2) is 0 Å². The molecule has 1 amide bonds. The number of carbonyl (C=O) groups excluding carboxylic acids is 2. The van der Waals surface area contributed by atoms with Gasteiger partial charge in [0.25, 0.3) is 0 Å². The molecule has 10 nitrogen and oxygen atoms in total. The molecule has 1 aliphatic heterocycles. The molecular weight excluding hydrogens is 336 g/mol. The SMILES string of the molecule is CCOC(=O)C1CCC(N)CN1C(=O)OC(C)(C)C.O=C(O)C(=O)O. The average molecular weight is 362 g/mol. The molecule has 0 saturated carbocycles. The van der Waals surface area contributed by atoms with Crippen LogP contribution >= 0.6 is 0 Å². The van der Waals surface area contributed by atoms with E-state index < -0.39 is 29.7 Å². The van der Waals surface area contributed by atoms with Crippen molar-refractivity contribution >= 4 is 24.0 Å². The Balaban J connectivity index is 0.000000823. The Morgan fingerprint density at radius 3 is 2.04 bits per heavy atom. The fourth-order valence-electron chi connectivity index (χ4n) is 2.00. The molecule has 0 radical (unpaired) electrons. The largest absolute Gasteiger partial charge is 0.473 e. The van der Waals surface area contributed by atoms with Gasteiger partial charge in [0, 0.05) is 12.6 Å². The van der Waals surface area contributed by atoms with Crippen LogP contribution in [0.25, 0.3) is 0 Å². The number of nitrogens with two attached hydrogens (primary N) is 1. The van der Waals surface area contributed by atoms with Crippen LogP contribution in [0.5, 0.6) is 0 Å². The van der Waals surface area contributed by atoms with Crippen molar-refractivity contribution in [2.45, 2.75) is 58.2 Å². The summed E-state index contributed by atoms with van der Waals surface area (Å²) >= 11 is 0. The van der Waals surface area contributed by atoms with Crippen molar-refractivity contribution in [2.24, 2.45) is 5.73 Å². The second-order valence-electron chi connectivity index (χ2n) is 6.35. The third-order valence-electron chi connectivity index (χ3n) is 2.99. The summed E-state index contributed by atoms with van der Waals surface area (Å²) in [4.78, 5) is 43.6. The van der Waals surface area contributed by atoms with Crippen LogP contribution in [0.3, 0.4) is 0 Å². The van der Waals surface area contributed by atoms with E-state index in [1.807, 2.05) is 0 Å². The predicted octanol–water partition coefficient (Wildman–Crippen LogP) is 0.432. The normalized spacial score (nSPS) is 20.0. The highest BCUT2D eigenvalue weighted by Crippen LogP contribution is 2.21. The number of hydrogen-bond acceptors (Lipinski definition) is 7. The maximum absolute atomic E-state index is 12.1. The van der Waals surface area contributed by atoms with Crippen LogP contribution in [-0.4, -0.2) is 70.0 Å². The van der Waals surface area contributed by atoms with Crippen molar-refractivity contribution in [3.05, 3.63) is 0 Å². The molecule has 1 fully saturated rings. The lowest BCUT2D eigenvalue weighted by molar-refractivity contribution is -0.159. The third kappa shape index (κ3) is 8.89. The van der Waals surface area contributed by atoms with Gasteiger partial charge in [-0.2, -0.15) is 0 Å². The van der Waals surface area contributed by atoms with Crippen molar-refractivity contribution in [1.29, 1.82) is 0 Å². The Kier molecular flexibility index (Phi) is 8.89. The molecule has 0 aromatic rings. The summed E-state index contributed by atoms with van der Waals surface area (Å²) in [6.45, 7) is 7.71. The minimum atomic E-state index is -1.82. The Morgan fingerprint density at radius 2 is 1.64 bits per heavy atom. The molecule has 1 saturated heterocycles. The number of hydrogen-bond donors (Lipinski definition) is 3. The number of rotatable bonds is 2. The van der Waals surface area contributed by atoms with E-state index in [2.05, 4.69) is 0 Å². The molecule has 10 heteroatoms. The lowest BCUT2D eigenvalue weighted by Crippen LogP contribution is -2.55. The molecule has 0 bridgehead atoms. The molecule has 2 unspecified atom stereocenters. The molecule has 1 heterocycles. The van der Waals surface area contributed by atoms with Crippen molar-refractivity contribution in [3.8, 4) is 0 Å². The van der Waals surface area contributed by atoms with Gasteiger partial charge in [0.15, 0.2) is 0 Å². The molecule has 4 N–H and O–H groups in total. The van der Waals surface area contributed by atoms with E-state index >= 15 is 0 Å². The molecular formula is C15H26N2O8. The van der Waals surface area contributed by atoms with Crippen molar-refractivity contribution < 1.29 is 38.9 Å². The quantitative estimate of drug-likeness (QED) is 0.468. The van der Waals surface area contributed by atoms with Gasteiger partial charge >= 0.3 is 24.0 Å². The summed E-state index contributed by atoms with van der Waals surface area (Å²) in [5.74, 6) is -4.04. The second-order valence-corrected chi connectivity index (χ2v) is 6.35. The van der Waals surface area contributed by atoms with Crippen molar-refractivity contribution in [3.63, 3.8) is 0 Å². The van der Waals surface area contributed by atoms with Gasteiger partial charge in [0.1, 0.15) is 11.6 Å². The van der Waals surface area contributed by atoms with E-state index in [4.69, 9.17) is 35.0 Å². The van der Waals surface area contributed by atoms with Gasteiger partial charge < -0.3 is 25.4 Å². The van der Waals surface area contributed by atoms with Gasteiger partial charge in [-0.25, -0.2) is 19.2 Å². The monoisotopic (exact) mass is 362 g/mol. The summed E-state index contributed by atoms with van der Waals surface area (Å²) in [7, 11) is 0. The Hall–Kier alpha value is -2.36. The highest BCUT2D eigenvalue weighted by molar-refractivity contribution is 6.27. The number of carboxylic acid groups (broad SMARTS) is 2. The summed E-state index contributed by atoms with van der Waals surface area (Å²) < 4.78 is 10.3. The molecule has 0 aromatic heterocycles. The maximum Gasteiger partial charge on any atom is 0.414 e. The molecule has 1 rings (SSSR count). The topological polar surface area (TPSA) is 156 Å². The number of ether oxygens (including phenoxy) is 2. The van der Waals surface area contributed by atoms with Gasteiger partial charge in [0.2, 0.25) is 0 Å². The summed E-state index contributed by atoms with van der Waals surface area (Å²) in [6.07, 6.45) is 0.697. The first kappa shape index (κ1) is 22.6. The Labute approximate surface area is 145 Å². The molecule has 144 valence electrons. The lowest BCUT2D eigenvalue weighted by Gasteiger charge is -2.37. The van der Waals surface area contributed by atoms with Gasteiger partial charge in [-0.05, 0) is 40.5 Å². The number of amides is 1. The zero-order valence-corrected chi connectivity index (χ0v) is 14.9. The minimum Gasteiger partial charge on any atom is -0.473 e. The van der Waals surface area contributed by atoms with E-state index in [1.54, 1.807) is 27.7 Å². The average Bonchev–Trinajstić information content (AvgIpc) is 2.46. The molecule has 0 aliphatic carbocycles. The fourth-order valence-corrected chi connectivity index (χ4v) is 2.00. The molecule has 0 spiro atoms. The van der Waals surface area contributed by atoms with E-state index in [9.17, 15) is 9.59 Å². The zero-order valence-electron chi connectivity index (χ0n) is 14.9. The van der Waals surface area contributed by atoms with E-state index in [0.717, 1.165) is 0 Å². The maximum atomic E-state index is 12.1. The highest BCUT2D eigenvalue weighted by Gasteiger charge is 2.37. The Morgan fingerprint density at radius 1 is 1.12 bits per heavy atom. The molecule has 2 atom stereocenters. The summed E-state index contributed by atoms with van der Waals surface area (Å²) in [5.41, 5.74) is 5.26. The number of esters is 1. The van der Waals surface area contributed by atoms with Gasteiger partial charge in [-0.1, -0.05) is 0 Å². The summed E-state index contributed by atoms with van der Waals surface area (Å²) in [5, 5.41) is 14.8. The third-order valence-corrected chi connectivity index (χ3v) is 2.99. The predicted molar refractivity (Wildman–Crippen MR) is 85.8 cm³/mol. The molecule has 25 heavy (non-hydrogen) atoms. The van der Waals surface area contributed by atoms with Crippen LogP contribution in [0, 0.1) is 0 Å². The van der Waals surface area contributed by atoms with Crippen LogP contribution in [0.4, 0.5) is 4.79 Å². The van der Waals surface area contributed by atoms with Gasteiger partial charge in [0.05, 0.1) is 6.61 Å². The second kappa shape index (κ2) is 9.82. The number of nitrogens with zero attached hydrogens (tertiary/aromatic N) is 1. The van der Waals surface area contributed by atoms with Crippen LogP contribution in [-0.2, 0) is 23.9 Å². The van der Waals surface area contributed by atoms with Crippen LogP contribution in [0.2, 0.25) is 0 Å². The van der Waals surface area contributed by atoms with Crippen LogP contribution in [0.1, 0.15) is 40.5 Å². The number of carboxylic acids is 2. The molecule has 1 aliphatic rings. The van der Waals surface area contributed by atoms with Crippen molar-refractivity contribution in [2.75, 3.05) is 13.2 Å². The van der Waals surface area contributed by atoms with Gasteiger partial charge in [-0.15, -0.1) is 0 Å². The van der Waals surface area contributed by atoms with E-state index in [1.165, 1.54) is 4.90 Å². The first-order valence-electron chi connectivity index (χ1n) is 7.77.